The lowest BCUT2D eigenvalue weighted by molar-refractivity contribution is -0.148. The zero-order valence-corrected chi connectivity index (χ0v) is 13.9. The van der Waals surface area contributed by atoms with Gasteiger partial charge in [-0.15, -0.1) is 0 Å². The monoisotopic (exact) mass is 346 g/mol. The third-order valence-electron chi connectivity index (χ3n) is 5.51. The first-order valence-electron chi connectivity index (χ1n) is 8.20. The first kappa shape index (κ1) is 17.6. The van der Waals surface area contributed by atoms with Gasteiger partial charge in [-0.2, -0.15) is 0 Å². The van der Waals surface area contributed by atoms with Crippen LogP contribution in [-0.4, -0.2) is 47.1 Å². The molecule has 2 saturated carbocycles. The number of hydrogen-bond donors (Lipinski definition) is 2. The number of esters is 2. The maximum absolute atomic E-state index is 12.1. The van der Waals surface area contributed by atoms with Crippen LogP contribution < -0.4 is 0 Å². The molecule has 3 unspecified atom stereocenters. The van der Waals surface area contributed by atoms with Crippen molar-refractivity contribution in [2.75, 3.05) is 6.61 Å². The summed E-state index contributed by atoms with van der Waals surface area (Å²) in [7, 11) is 0. The first-order valence-corrected chi connectivity index (χ1v) is 8.20. The van der Waals surface area contributed by atoms with Crippen molar-refractivity contribution in [1.82, 2.24) is 0 Å². The van der Waals surface area contributed by atoms with Crippen LogP contribution in [0.15, 0.2) is 48.6 Å². The highest BCUT2D eigenvalue weighted by atomic mass is 16.6. The minimum atomic E-state index is -0.725. The van der Waals surface area contributed by atoms with Gasteiger partial charge >= 0.3 is 11.9 Å². The van der Waals surface area contributed by atoms with Gasteiger partial charge in [0.05, 0.1) is 24.2 Å². The number of hydrogen-bond acceptors (Lipinski definition) is 6. The Bertz CT molecular complexity index is 690. The molecule has 1 heterocycles. The lowest BCUT2D eigenvalue weighted by Crippen LogP contribution is -2.36. The Morgan fingerprint density at radius 2 is 1.96 bits per heavy atom. The van der Waals surface area contributed by atoms with Gasteiger partial charge in [0.25, 0.3) is 0 Å². The van der Waals surface area contributed by atoms with Gasteiger partial charge in [-0.05, 0) is 17.9 Å². The molecule has 0 amide bonds. The van der Waals surface area contributed by atoms with Crippen molar-refractivity contribution in [3.63, 3.8) is 0 Å². The molecule has 3 fully saturated rings. The van der Waals surface area contributed by atoms with Crippen LogP contribution in [0.4, 0.5) is 0 Å². The van der Waals surface area contributed by atoms with E-state index >= 15 is 0 Å². The minimum absolute atomic E-state index is 0.0673. The molecule has 2 N–H and O–H groups in total. The molecule has 0 bridgehead atoms. The molecule has 0 aromatic rings. The number of carbonyl (C=O) groups excluding carboxylic acids is 2. The summed E-state index contributed by atoms with van der Waals surface area (Å²) < 4.78 is 11.0. The first-order chi connectivity index (χ1) is 11.8. The largest absolute Gasteiger partial charge is 0.458 e. The van der Waals surface area contributed by atoms with E-state index in [1.165, 1.54) is 0 Å². The molecule has 3 aliphatic rings. The van der Waals surface area contributed by atoms with Gasteiger partial charge in [0.15, 0.2) is 0 Å². The Morgan fingerprint density at radius 3 is 2.60 bits per heavy atom. The summed E-state index contributed by atoms with van der Waals surface area (Å²) in [5.41, 5.74) is 1.59. The molecular formula is C19H22O6. The minimum Gasteiger partial charge on any atom is -0.458 e. The molecule has 6 atom stereocenters. The lowest BCUT2D eigenvalue weighted by atomic mass is 9.81. The van der Waals surface area contributed by atoms with E-state index in [2.05, 4.69) is 26.3 Å². The van der Waals surface area contributed by atoms with E-state index < -0.39 is 42.8 Å². The van der Waals surface area contributed by atoms with Crippen LogP contribution in [0.1, 0.15) is 12.8 Å². The van der Waals surface area contributed by atoms with Gasteiger partial charge in [-0.1, -0.05) is 31.9 Å². The summed E-state index contributed by atoms with van der Waals surface area (Å²) in [4.78, 5) is 24.2. The van der Waals surface area contributed by atoms with Crippen molar-refractivity contribution in [2.45, 2.75) is 31.2 Å². The van der Waals surface area contributed by atoms with E-state index in [0.29, 0.717) is 18.4 Å². The zero-order valence-electron chi connectivity index (χ0n) is 13.9. The van der Waals surface area contributed by atoms with Gasteiger partial charge in [-0.3, -0.25) is 0 Å². The van der Waals surface area contributed by atoms with Crippen molar-refractivity contribution in [2.24, 2.45) is 17.8 Å². The second-order valence-electron chi connectivity index (χ2n) is 6.95. The molecular weight excluding hydrogens is 324 g/mol. The molecule has 1 aliphatic heterocycles. The third kappa shape index (κ3) is 2.75. The maximum atomic E-state index is 12.1. The fraction of sp³-hybridized carbons (Fsp3) is 0.474. The zero-order chi connectivity index (χ0) is 18.5. The summed E-state index contributed by atoms with van der Waals surface area (Å²) in [6.45, 7) is 14.8. The average molecular weight is 346 g/mol. The molecule has 0 aromatic carbocycles. The quantitative estimate of drug-likeness (QED) is 0.451. The standard InChI is InChI=1S/C19H22O6/c1-8-5-14(24-18(22)9(2)7-20)16-11(4)19(23)25-17(16)15-10(3)13(21)6-12(8)15/h12-17,20-21H,1-7H2/t12?,13-,14-,15?,16?,17+/m0/s1. The van der Waals surface area contributed by atoms with E-state index in [0.717, 1.165) is 5.57 Å². The molecule has 0 radical (unpaired) electrons. The summed E-state index contributed by atoms with van der Waals surface area (Å²) in [6, 6.07) is 0. The van der Waals surface area contributed by atoms with Gasteiger partial charge in [0.2, 0.25) is 0 Å². The molecule has 25 heavy (non-hydrogen) atoms. The van der Waals surface area contributed by atoms with Gasteiger partial charge in [-0.25, -0.2) is 9.59 Å². The smallest absolute Gasteiger partial charge is 0.336 e. The summed E-state index contributed by atoms with van der Waals surface area (Å²) in [5.74, 6) is -2.18. The molecule has 0 aromatic heterocycles. The van der Waals surface area contributed by atoms with Gasteiger partial charge in [0, 0.05) is 17.9 Å². The van der Waals surface area contributed by atoms with E-state index in [4.69, 9.17) is 14.6 Å². The number of ether oxygens (including phenoxy) is 2. The number of rotatable bonds is 3. The lowest BCUT2D eigenvalue weighted by Gasteiger charge is -2.28. The van der Waals surface area contributed by atoms with E-state index in [1.54, 1.807) is 0 Å². The summed E-state index contributed by atoms with van der Waals surface area (Å²) in [6.07, 6.45) is -1.19. The van der Waals surface area contributed by atoms with Crippen LogP contribution in [0.25, 0.3) is 0 Å². The van der Waals surface area contributed by atoms with Crippen LogP contribution in [0.2, 0.25) is 0 Å². The predicted octanol–water partition coefficient (Wildman–Crippen LogP) is 1.06. The molecule has 3 rings (SSSR count). The van der Waals surface area contributed by atoms with Crippen molar-refractivity contribution < 1.29 is 29.3 Å². The maximum Gasteiger partial charge on any atom is 0.336 e. The predicted molar refractivity (Wildman–Crippen MR) is 89.1 cm³/mol. The van der Waals surface area contributed by atoms with Crippen LogP contribution in [0.5, 0.6) is 0 Å². The molecule has 2 aliphatic carbocycles. The Balaban J connectivity index is 1.96. The molecule has 134 valence electrons. The second kappa shape index (κ2) is 6.28. The van der Waals surface area contributed by atoms with Crippen molar-refractivity contribution in [1.29, 1.82) is 0 Å². The van der Waals surface area contributed by atoms with E-state index in [1.807, 2.05) is 0 Å². The number of carbonyl (C=O) groups is 2. The third-order valence-corrected chi connectivity index (χ3v) is 5.51. The second-order valence-corrected chi connectivity index (χ2v) is 6.95. The topological polar surface area (TPSA) is 93.1 Å². The average Bonchev–Trinajstić information content (AvgIpc) is 2.99. The Hall–Kier alpha value is -2.18. The molecule has 1 saturated heterocycles. The molecule has 6 heteroatoms. The van der Waals surface area contributed by atoms with Gasteiger partial charge in [0.1, 0.15) is 12.2 Å². The Labute approximate surface area is 146 Å². The molecule has 0 spiro atoms. The van der Waals surface area contributed by atoms with Crippen LogP contribution in [-0.2, 0) is 19.1 Å². The van der Waals surface area contributed by atoms with Crippen molar-refractivity contribution in [3.05, 3.63) is 48.6 Å². The fourth-order valence-electron chi connectivity index (χ4n) is 4.16. The number of fused-ring (bicyclic) bond motifs is 3. The summed E-state index contributed by atoms with van der Waals surface area (Å²) in [5, 5.41) is 19.2. The van der Waals surface area contributed by atoms with Crippen molar-refractivity contribution >= 4 is 11.9 Å². The fourth-order valence-corrected chi connectivity index (χ4v) is 4.16. The summed E-state index contributed by atoms with van der Waals surface area (Å²) >= 11 is 0. The van der Waals surface area contributed by atoms with Crippen molar-refractivity contribution in [3.8, 4) is 0 Å². The highest BCUT2D eigenvalue weighted by Crippen LogP contribution is 2.52. The molecule has 6 nitrogen and oxygen atoms in total. The SMILES string of the molecule is C=C(CO)C(=O)O[C@H]1CC(=C)C2C[C@H](O)C(=C)C2[C@H]2OC(=O)C(=C)C21. The highest BCUT2D eigenvalue weighted by molar-refractivity contribution is 5.92. The van der Waals surface area contributed by atoms with Gasteiger partial charge < -0.3 is 19.7 Å². The van der Waals surface area contributed by atoms with E-state index in [9.17, 15) is 14.7 Å². The van der Waals surface area contributed by atoms with Crippen LogP contribution >= 0.6 is 0 Å². The van der Waals surface area contributed by atoms with E-state index in [-0.39, 0.29) is 23.0 Å². The number of aliphatic hydroxyl groups excluding tert-OH is 2. The number of aliphatic hydroxyl groups is 2. The highest BCUT2D eigenvalue weighted by Gasteiger charge is 2.56. The Kier molecular flexibility index (Phi) is 4.43. The van der Waals surface area contributed by atoms with Crippen LogP contribution in [0.3, 0.4) is 0 Å². The normalized spacial score (nSPS) is 37.2. The van der Waals surface area contributed by atoms with Crippen LogP contribution in [0, 0.1) is 17.8 Å². The Morgan fingerprint density at radius 1 is 1.28 bits per heavy atom.